The van der Waals surface area contributed by atoms with Crippen molar-refractivity contribution in [3.8, 4) is 0 Å². The molecule has 1 aromatic rings. The molecule has 0 fully saturated rings. The number of nitrogens with zero attached hydrogens (tertiary/aromatic N) is 3. The van der Waals surface area contributed by atoms with Crippen LogP contribution in [0.2, 0.25) is 0 Å². The SMILES string of the molecule is CC(C)(NC(=O)Nc1nccnn1)C(=O)O. The Balaban J connectivity index is 2.58. The Morgan fingerprint density at radius 1 is 1.38 bits per heavy atom. The maximum atomic E-state index is 11.3. The number of carboxylic acid groups (broad SMARTS) is 1. The first-order valence-electron chi connectivity index (χ1n) is 4.38. The molecule has 0 aliphatic carbocycles. The Morgan fingerprint density at radius 3 is 2.56 bits per heavy atom. The number of amides is 2. The van der Waals surface area contributed by atoms with Crippen molar-refractivity contribution in [3.05, 3.63) is 12.4 Å². The minimum absolute atomic E-state index is 0.00110. The summed E-state index contributed by atoms with van der Waals surface area (Å²) in [5, 5.41) is 20.3. The highest BCUT2D eigenvalue weighted by Crippen LogP contribution is 2.02. The summed E-state index contributed by atoms with van der Waals surface area (Å²) in [7, 11) is 0. The number of carbonyl (C=O) groups excluding carboxylic acids is 1. The molecular formula is C8H11N5O3. The molecule has 0 saturated heterocycles. The molecule has 0 saturated carbocycles. The van der Waals surface area contributed by atoms with E-state index in [0.717, 1.165) is 0 Å². The second kappa shape index (κ2) is 4.51. The summed E-state index contributed by atoms with van der Waals surface area (Å²) in [6.45, 7) is 2.72. The predicted octanol–water partition coefficient (Wildman–Crippen LogP) is -0.144. The summed E-state index contributed by atoms with van der Waals surface area (Å²) in [5.41, 5.74) is -1.37. The fraction of sp³-hybridized carbons (Fsp3) is 0.375. The fourth-order valence-corrected chi connectivity index (χ4v) is 0.775. The standard InChI is InChI=1S/C8H11N5O3/c1-8(2,5(14)15)12-7(16)11-6-9-3-4-10-13-6/h3-4H,1-2H3,(H,14,15)(H2,9,11,12,13,16). The third-order valence-corrected chi connectivity index (χ3v) is 1.67. The molecule has 1 rings (SSSR count). The van der Waals surface area contributed by atoms with Gasteiger partial charge in [-0.3, -0.25) is 5.32 Å². The average molecular weight is 225 g/mol. The van der Waals surface area contributed by atoms with E-state index in [-0.39, 0.29) is 5.95 Å². The van der Waals surface area contributed by atoms with Gasteiger partial charge in [0.05, 0.1) is 12.4 Å². The number of carbonyl (C=O) groups is 2. The van der Waals surface area contributed by atoms with Crippen molar-refractivity contribution < 1.29 is 14.7 Å². The topological polar surface area (TPSA) is 117 Å². The summed E-state index contributed by atoms with van der Waals surface area (Å²) in [4.78, 5) is 25.8. The monoisotopic (exact) mass is 225 g/mol. The Kier molecular flexibility index (Phi) is 3.33. The second-order valence-corrected chi connectivity index (χ2v) is 3.48. The van der Waals surface area contributed by atoms with Crippen LogP contribution in [0.5, 0.6) is 0 Å². The second-order valence-electron chi connectivity index (χ2n) is 3.48. The zero-order valence-corrected chi connectivity index (χ0v) is 8.76. The van der Waals surface area contributed by atoms with Crippen molar-refractivity contribution >= 4 is 17.9 Å². The van der Waals surface area contributed by atoms with Crippen LogP contribution in [0.1, 0.15) is 13.8 Å². The van der Waals surface area contributed by atoms with Gasteiger partial charge in [0.15, 0.2) is 0 Å². The zero-order valence-electron chi connectivity index (χ0n) is 8.76. The van der Waals surface area contributed by atoms with Gasteiger partial charge in [0.1, 0.15) is 5.54 Å². The van der Waals surface area contributed by atoms with E-state index in [9.17, 15) is 9.59 Å². The van der Waals surface area contributed by atoms with Crippen LogP contribution in [-0.4, -0.2) is 37.8 Å². The van der Waals surface area contributed by atoms with Gasteiger partial charge < -0.3 is 10.4 Å². The number of urea groups is 1. The minimum Gasteiger partial charge on any atom is -0.480 e. The molecule has 0 aliphatic heterocycles. The van der Waals surface area contributed by atoms with Gasteiger partial charge in [-0.1, -0.05) is 0 Å². The van der Waals surface area contributed by atoms with Crippen molar-refractivity contribution in [1.29, 1.82) is 0 Å². The number of hydrogen-bond donors (Lipinski definition) is 3. The lowest BCUT2D eigenvalue weighted by Gasteiger charge is -2.20. The summed E-state index contributed by atoms with van der Waals surface area (Å²) in [6, 6.07) is -0.708. The highest BCUT2D eigenvalue weighted by Gasteiger charge is 2.29. The highest BCUT2D eigenvalue weighted by atomic mass is 16.4. The maximum absolute atomic E-state index is 11.3. The molecule has 1 aromatic heterocycles. The van der Waals surface area contributed by atoms with Crippen LogP contribution < -0.4 is 10.6 Å². The smallest absolute Gasteiger partial charge is 0.328 e. The number of hydrogen-bond acceptors (Lipinski definition) is 5. The Bertz CT molecular complexity index is 392. The molecule has 1 heterocycles. The lowest BCUT2D eigenvalue weighted by Crippen LogP contribution is -2.51. The first-order valence-corrected chi connectivity index (χ1v) is 4.38. The van der Waals surface area contributed by atoms with Crippen molar-refractivity contribution in [2.24, 2.45) is 0 Å². The highest BCUT2D eigenvalue weighted by molar-refractivity contribution is 5.92. The Hall–Kier alpha value is -2.25. The van der Waals surface area contributed by atoms with Crippen LogP contribution in [0.15, 0.2) is 12.4 Å². The predicted molar refractivity (Wildman–Crippen MR) is 53.7 cm³/mol. The number of nitrogens with one attached hydrogen (secondary N) is 2. The number of anilines is 1. The summed E-state index contributed by atoms with van der Waals surface area (Å²) in [5.74, 6) is -1.14. The first kappa shape index (κ1) is 11.8. The largest absolute Gasteiger partial charge is 0.480 e. The first-order chi connectivity index (χ1) is 7.42. The molecule has 3 N–H and O–H groups in total. The fourth-order valence-electron chi connectivity index (χ4n) is 0.775. The molecule has 2 amide bonds. The van der Waals surface area contributed by atoms with Crippen molar-refractivity contribution in [1.82, 2.24) is 20.5 Å². The summed E-state index contributed by atoms with van der Waals surface area (Å²) >= 11 is 0. The molecule has 16 heavy (non-hydrogen) atoms. The molecular weight excluding hydrogens is 214 g/mol. The van der Waals surface area contributed by atoms with E-state index in [1.807, 2.05) is 0 Å². The number of aliphatic carboxylic acids is 1. The van der Waals surface area contributed by atoms with E-state index in [0.29, 0.717) is 0 Å². The molecule has 0 aliphatic rings. The van der Waals surface area contributed by atoms with E-state index < -0.39 is 17.5 Å². The van der Waals surface area contributed by atoms with E-state index in [1.54, 1.807) is 0 Å². The number of carboxylic acids is 1. The molecule has 8 heteroatoms. The quantitative estimate of drug-likeness (QED) is 0.658. The average Bonchev–Trinajstić information content (AvgIpc) is 2.17. The van der Waals surface area contributed by atoms with Crippen molar-refractivity contribution in [2.75, 3.05) is 5.32 Å². The van der Waals surface area contributed by atoms with Gasteiger partial charge >= 0.3 is 12.0 Å². The minimum atomic E-state index is -1.37. The lowest BCUT2D eigenvalue weighted by molar-refractivity contribution is -0.142. The van der Waals surface area contributed by atoms with Crippen LogP contribution in [0.25, 0.3) is 0 Å². The van der Waals surface area contributed by atoms with E-state index >= 15 is 0 Å². The van der Waals surface area contributed by atoms with Crippen molar-refractivity contribution in [2.45, 2.75) is 19.4 Å². The van der Waals surface area contributed by atoms with E-state index in [1.165, 1.54) is 26.2 Å². The molecule has 0 aromatic carbocycles. The van der Waals surface area contributed by atoms with Crippen LogP contribution >= 0.6 is 0 Å². The lowest BCUT2D eigenvalue weighted by atomic mass is 10.1. The van der Waals surface area contributed by atoms with Gasteiger partial charge in [0, 0.05) is 0 Å². The van der Waals surface area contributed by atoms with Gasteiger partial charge in [0.25, 0.3) is 5.95 Å². The van der Waals surface area contributed by atoms with Gasteiger partial charge in [0.2, 0.25) is 0 Å². The third-order valence-electron chi connectivity index (χ3n) is 1.67. The zero-order chi connectivity index (χ0) is 12.2. The normalized spacial score (nSPS) is 10.6. The third kappa shape index (κ3) is 3.15. The van der Waals surface area contributed by atoms with Crippen molar-refractivity contribution in [3.63, 3.8) is 0 Å². The Labute approximate surface area is 91.1 Å². The number of aromatic nitrogens is 3. The summed E-state index contributed by atoms with van der Waals surface area (Å²) in [6.07, 6.45) is 2.70. The molecule has 0 bridgehead atoms. The maximum Gasteiger partial charge on any atom is 0.328 e. The van der Waals surface area contributed by atoms with Gasteiger partial charge in [-0.05, 0) is 13.8 Å². The van der Waals surface area contributed by atoms with Crippen LogP contribution in [-0.2, 0) is 4.79 Å². The molecule has 0 atom stereocenters. The van der Waals surface area contributed by atoms with Gasteiger partial charge in [-0.25, -0.2) is 14.6 Å². The van der Waals surface area contributed by atoms with Crippen LogP contribution in [0.4, 0.5) is 10.7 Å². The molecule has 86 valence electrons. The molecule has 0 radical (unpaired) electrons. The van der Waals surface area contributed by atoms with E-state index in [2.05, 4.69) is 25.8 Å². The molecule has 0 spiro atoms. The van der Waals surface area contributed by atoms with Crippen LogP contribution in [0.3, 0.4) is 0 Å². The molecule has 0 unspecified atom stereocenters. The Morgan fingerprint density at radius 2 is 2.06 bits per heavy atom. The van der Waals surface area contributed by atoms with E-state index in [4.69, 9.17) is 5.11 Å². The van der Waals surface area contributed by atoms with Gasteiger partial charge in [-0.2, -0.15) is 5.10 Å². The van der Waals surface area contributed by atoms with Gasteiger partial charge in [-0.15, -0.1) is 5.10 Å². The molecule has 8 nitrogen and oxygen atoms in total. The summed E-state index contributed by atoms with van der Waals surface area (Å²) < 4.78 is 0. The number of rotatable bonds is 3. The van der Waals surface area contributed by atoms with Crippen LogP contribution in [0, 0.1) is 0 Å².